The number of aliphatic hydroxyl groups excluding tert-OH is 1. The molecule has 0 saturated carbocycles. The molecule has 2 aliphatic rings. The number of ether oxygens (including phenoxy) is 6. The number of phenolic OH excluding ortho intramolecular Hbond substituents is 15. The third kappa shape index (κ3) is 7.66. The molecule has 30 nitrogen and oxygen atoms in total. The van der Waals surface area contributed by atoms with Gasteiger partial charge in [0.25, 0.3) is 0 Å². The summed E-state index contributed by atoms with van der Waals surface area (Å²) in [5, 5.41) is 169. The van der Waals surface area contributed by atoms with E-state index in [0.29, 0.717) is 36.4 Å². The molecular formula is C48H30O30. The SMILES string of the molecule is O=C(O[C@H]1[C@@H](OC(=O)c2cc(O)c(O)c(O)c2Oc2cc3c(=O)oc4c(O)c(O)cc5c(=O)oc(c2O)c3c45)[C@H](O)O[C@@H]2COC(=O)c3cc(O)c(O)c(O)c3-c3c(cc(O)c(O)c3O)C(=O)O[C@@H]12)c1cc(O)c(O)c(O)c1. The third-order valence-corrected chi connectivity index (χ3v) is 12.4. The molecule has 1 saturated heterocycles. The van der Waals surface area contributed by atoms with Crippen molar-refractivity contribution in [2.75, 3.05) is 6.61 Å². The highest BCUT2D eigenvalue weighted by Gasteiger charge is 2.54. The molecule has 5 atom stereocenters. The summed E-state index contributed by atoms with van der Waals surface area (Å²) in [4.78, 5) is 83.2. The highest BCUT2D eigenvalue weighted by molar-refractivity contribution is 6.22. The van der Waals surface area contributed by atoms with Gasteiger partial charge < -0.3 is 119 Å². The Hall–Kier alpha value is -11.1. The van der Waals surface area contributed by atoms with Gasteiger partial charge in [0.15, 0.2) is 99.0 Å². The first-order chi connectivity index (χ1) is 36.8. The number of hydrogen-bond acceptors (Lipinski definition) is 30. The van der Waals surface area contributed by atoms with Gasteiger partial charge in [-0.05, 0) is 30.3 Å². The second kappa shape index (κ2) is 17.8. The zero-order chi connectivity index (χ0) is 56.4. The van der Waals surface area contributed by atoms with E-state index in [1.54, 1.807) is 0 Å². The average molecular weight is 1090 g/mol. The van der Waals surface area contributed by atoms with Crippen LogP contribution in [0.1, 0.15) is 41.4 Å². The second-order valence-corrected chi connectivity index (χ2v) is 17.0. The highest BCUT2D eigenvalue weighted by Crippen LogP contribution is 2.54. The summed E-state index contributed by atoms with van der Waals surface area (Å²) in [6, 6.07) is 3.67. The molecule has 4 heterocycles. The van der Waals surface area contributed by atoms with Gasteiger partial charge >= 0.3 is 35.1 Å². The van der Waals surface area contributed by atoms with E-state index < -0.39 is 231 Å². The zero-order valence-corrected chi connectivity index (χ0v) is 38.0. The molecule has 402 valence electrons. The van der Waals surface area contributed by atoms with Gasteiger partial charge in [0.2, 0.25) is 34.5 Å². The predicted octanol–water partition coefficient (Wildman–Crippen LogP) is 2.40. The van der Waals surface area contributed by atoms with E-state index in [2.05, 4.69) is 0 Å². The van der Waals surface area contributed by atoms with Crippen molar-refractivity contribution < 1.29 is 138 Å². The van der Waals surface area contributed by atoms with Crippen LogP contribution in [0.2, 0.25) is 0 Å². The Morgan fingerprint density at radius 3 is 1.58 bits per heavy atom. The van der Waals surface area contributed by atoms with Crippen LogP contribution in [0.5, 0.6) is 97.7 Å². The molecule has 78 heavy (non-hydrogen) atoms. The molecule has 0 spiro atoms. The maximum atomic E-state index is 14.5. The number of aromatic hydroxyl groups is 15. The lowest BCUT2D eigenvalue weighted by atomic mass is 9.92. The first-order valence-electron chi connectivity index (χ1n) is 21.6. The van der Waals surface area contributed by atoms with E-state index >= 15 is 0 Å². The number of esters is 4. The van der Waals surface area contributed by atoms with Crippen molar-refractivity contribution in [2.24, 2.45) is 0 Å². The van der Waals surface area contributed by atoms with Gasteiger partial charge in [-0.15, -0.1) is 0 Å². The fraction of sp³-hybridized carbons (Fsp3) is 0.125. The van der Waals surface area contributed by atoms with E-state index in [4.69, 9.17) is 37.3 Å². The van der Waals surface area contributed by atoms with Crippen LogP contribution >= 0.6 is 0 Å². The fourth-order valence-electron chi connectivity index (χ4n) is 8.71. The summed E-state index contributed by atoms with van der Waals surface area (Å²) in [6.45, 7) is -1.24. The van der Waals surface area contributed by atoms with Crippen molar-refractivity contribution >= 4 is 56.6 Å². The highest BCUT2D eigenvalue weighted by atomic mass is 16.7. The molecule has 0 unspecified atom stereocenters. The van der Waals surface area contributed by atoms with Crippen molar-refractivity contribution in [3.8, 4) is 109 Å². The number of carbonyl (C=O) groups excluding carboxylic acids is 4. The number of aliphatic hydroxyl groups is 1. The lowest BCUT2D eigenvalue weighted by molar-refractivity contribution is -0.284. The molecule has 0 aliphatic carbocycles. The summed E-state index contributed by atoms with van der Waals surface area (Å²) in [7, 11) is 0. The van der Waals surface area contributed by atoms with Gasteiger partial charge in [-0.25, -0.2) is 28.8 Å². The van der Waals surface area contributed by atoms with E-state index in [9.17, 15) is 110 Å². The molecule has 0 radical (unpaired) electrons. The number of benzene rings is 6. The first-order valence-corrected chi connectivity index (χ1v) is 21.6. The smallest absolute Gasteiger partial charge is 0.344 e. The van der Waals surface area contributed by atoms with Gasteiger partial charge in [0.05, 0.1) is 27.5 Å². The van der Waals surface area contributed by atoms with Crippen LogP contribution in [0.25, 0.3) is 43.8 Å². The fourth-order valence-corrected chi connectivity index (χ4v) is 8.71. The Balaban J connectivity index is 1.10. The van der Waals surface area contributed by atoms with Crippen LogP contribution in [-0.4, -0.2) is 143 Å². The maximum absolute atomic E-state index is 14.5. The number of hydrogen-bond donors (Lipinski definition) is 16. The zero-order valence-electron chi connectivity index (χ0n) is 38.0. The van der Waals surface area contributed by atoms with Crippen LogP contribution in [0.3, 0.4) is 0 Å². The topological polar surface area (TPSA) is 508 Å². The predicted molar refractivity (Wildman–Crippen MR) is 246 cm³/mol. The second-order valence-electron chi connectivity index (χ2n) is 17.0. The quantitative estimate of drug-likeness (QED) is 0.0374. The third-order valence-electron chi connectivity index (χ3n) is 12.4. The van der Waals surface area contributed by atoms with Gasteiger partial charge in [0, 0.05) is 34.0 Å². The summed E-state index contributed by atoms with van der Waals surface area (Å²) in [6.07, 6.45) is -12.5. The Morgan fingerprint density at radius 1 is 0.500 bits per heavy atom. The number of carbonyl (C=O) groups is 4. The van der Waals surface area contributed by atoms with Crippen LogP contribution < -0.4 is 16.0 Å². The van der Waals surface area contributed by atoms with Crippen molar-refractivity contribution in [3.63, 3.8) is 0 Å². The van der Waals surface area contributed by atoms with Crippen molar-refractivity contribution in [2.45, 2.75) is 30.7 Å². The summed E-state index contributed by atoms with van der Waals surface area (Å²) in [5.74, 6) is -28.5. The minimum Gasteiger partial charge on any atom is -0.504 e. The van der Waals surface area contributed by atoms with Gasteiger partial charge in [0.1, 0.15) is 18.3 Å². The lowest BCUT2D eigenvalue weighted by Crippen LogP contribution is -2.62. The molecule has 10 rings (SSSR count). The molecule has 2 aromatic heterocycles. The number of phenols is 15. The molecule has 30 heteroatoms. The van der Waals surface area contributed by atoms with E-state index in [0.717, 1.165) is 6.07 Å². The molecule has 0 bridgehead atoms. The van der Waals surface area contributed by atoms with Crippen LogP contribution in [-0.2, 0) is 23.7 Å². The van der Waals surface area contributed by atoms with Crippen molar-refractivity contribution in [3.05, 3.63) is 85.6 Å². The van der Waals surface area contributed by atoms with E-state index in [1.165, 1.54) is 0 Å². The average Bonchev–Trinajstić information content (AvgIpc) is 3.41. The molecule has 2 aliphatic heterocycles. The molecule has 0 amide bonds. The minimum absolute atomic E-state index is 0.334. The number of cyclic esters (lactones) is 1. The Morgan fingerprint density at radius 2 is 0.987 bits per heavy atom. The summed E-state index contributed by atoms with van der Waals surface area (Å²) in [5.41, 5.74) is -10.6. The first kappa shape index (κ1) is 50.4. The van der Waals surface area contributed by atoms with Gasteiger partial charge in [-0.2, -0.15) is 0 Å². The number of rotatable bonds is 6. The van der Waals surface area contributed by atoms with E-state index in [1.807, 2.05) is 0 Å². The standard InChI is InChI=1S/C48H30O30/c49-15-1-9(2-16(50)27(15)55)42(64)77-40-37-22(8-71-43(65)10-3-17(51)28(56)33(61)23(10)24-11(44(66)74-37)4-18(52)29(57)34(24)62)73-48(70)41(40)78-47(69)14-6-19(53)30(58)35(63)36(14)72-21-7-13-26-25-12(45(67)76-39(26)32(21)60)5-20(54)31(59)38(25)75-46(13)68/h1-7,22,37,40-41,48-63,70H,8H2/t22-,37-,40-,41-,48-/m1/s1. The maximum Gasteiger partial charge on any atom is 0.344 e. The molecule has 8 aromatic rings. The van der Waals surface area contributed by atoms with Gasteiger partial charge in [-0.1, -0.05) is 0 Å². The van der Waals surface area contributed by atoms with Crippen molar-refractivity contribution in [1.82, 2.24) is 0 Å². The normalized spacial score (nSPS) is 18.3. The number of fused-ring (bicyclic) bond motifs is 4. The summed E-state index contributed by atoms with van der Waals surface area (Å²) >= 11 is 0. The van der Waals surface area contributed by atoms with Crippen molar-refractivity contribution in [1.29, 1.82) is 0 Å². The largest absolute Gasteiger partial charge is 0.504 e. The monoisotopic (exact) mass is 1090 g/mol. The molecule has 1 fully saturated rings. The van der Waals surface area contributed by atoms with E-state index in [-0.39, 0.29) is 5.39 Å². The van der Waals surface area contributed by atoms with Crippen LogP contribution in [0.4, 0.5) is 0 Å². The van der Waals surface area contributed by atoms with Gasteiger partial charge in [-0.3, -0.25) is 0 Å². The Bertz CT molecular complexity index is 4070. The minimum atomic E-state index is -2.69. The molecule has 6 aromatic carbocycles. The Kier molecular flexibility index (Phi) is 11.5. The summed E-state index contributed by atoms with van der Waals surface area (Å²) < 4.78 is 43.6. The van der Waals surface area contributed by atoms with Crippen LogP contribution in [0.15, 0.2) is 60.9 Å². The molecular weight excluding hydrogens is 1060 g/mol. The Labute approximate surface area is 425 Å². The molecule has 16 N–H and O–H groups in total. The van der Waals surface area contributed by atoms with Crippen LogP contribution in [0, 0.1) is 0 Å². The lowest BCUT2D eigenvalue weighted by Gasteiger charge is -2.42.